The summed E-state index contributed by atoms with van der Waals surface area (Å²) in [4.78, 5) is 4.72. The van der Waals surface area contributed by atoms with Gasteiger partial charge in [0.25, 0.3) is 0 Å². The first-order valence-corrected chi connectivity index (χ1v) is 7.44. The first kappa shape index (κ1) is 13.9. The predicted molar refractivity (Wildman–Crippen MR) is 75.1 cm³/mol. The van der Waals surface area contributed by atoms with Crippen LogP contribution >= 0.6 is 11.3 Å². The molecule has 5 heteroatoms. The number of ether oxygens (including phenoxy) is 1. The second-order valence-corrected chi connectivity index (χ2v) is 5.90. The average Bonchev–Trinajstić information content (AvgIpc) is 2.79. The van der Waals surface area contributed by atoms with Gasteiger partial charge in [0.05, 0.1) is 12.1 Å². The Morgan fingerprint density at radius 3 is 3.11 bits per heavy atom. The summed E-state index contributed by atoms with van der Waals surface area (Å²) in [6.45, 7) is 8.06. The lowest BCUT2D eigenvalue weighted by Crippen LogP contribution is -2.56. The zero-order valence-corrected chi connectivity index (χ0v) is 12.3. The van der Waals surface area contributed by atoms with Crippen LogP contribution in [0.2, 0.25) is 0 Å². The van der Waals surface area contributed by atoms with E-state index in [0.717, 1.165) is 38.4 Å². The summed E-state index contributed by atoms with van der Waals surface area (Å²) in [6, 6.07) is 0. The summed E-state index contributed by atoms with van der Waals surface area (Å²) < 4.78 is 5.16. The minimum Gasteiger partial charge on any atom is -0.383 e. The second kappa shape index (κ2) is 6.10. The Labute approximate surface area is 113 Å². The van der Waals surface area contributed by atoms with Crippen LogP contribution in [-0.2, 0) is 10.3 Å². The maximum atomic E-state index is 5.16. The Balaban J connectivity index is 2.20. The van der Waals surface area contributed by atoms with Crippen LogP contribution in [0.3, 0.4) is 0 Å². The summed E-state index contributed by atoms with van der Waals surface area (Å²) in [5, 5.41) is 10.5. The van der Waals surface area contributed by atoms with Crippen LogP contribution in [-0.4, -0.2) is 38.3 Å². The summed E-state index contributed by atoms with van der Waals surface area (Å²) in [5.41, 5.74) is 1.14. The van der Waals surface area contributed by atoms with Crippen LogP contribution < -0.4 is 10.6 Å². The number of rotatable bonds is 5. The molecule has 4 nitrogen and oxygen atoms in total. The van der Waals surface area contributed by atoms with E-state index in [4.69, 9.17) is 9.72 Å². The average molecular weight is 269 g/mol. The Hall–Kier alpha value is -0.490. The van der Waals surface area contributed by atoms with Crippen molar-refractivity contribution in [3.05, 3.63) is 16.1 Å². The highest BCUT2D eigenvalue weighted by Crippen LogP contribution is 2.36. The maximum absolute atomic E-state index is 5.16. The van der Waals surface area contributed by atoms with Crippen molar-refractivity contribution in [1.29, 1.82) is 0 Å². The summed E-state index contributed by atoms with van der Waals surface area (Å²) >= 11 is 1.77. The van der Waals surface area contributed by atoms with Gasteiger partial charge in [0.15, 0.2) is 0 Å². The van der Waals surface area contributed by atoms with E-state index in [1.165, 1.54) is 5.01 Å². The molecule has 0 aromatic carbocycles. The van der Waals surface area contributed by atoms with Gasteiger partial charge in [0, 0.05) is 24.7 Å². The van der Waals surface area contributed by atoms with Gasteiger partial charge in [-0.15, -0.1) is 11.3 Å². The third kappa shape index (κ3) is 2.74. The topological polar surface area (TPSA) is 46.2 Å². The Morgan fingerprint density at radius 2 is 2.50 bits per heavy atom. The van der Waals surface area contributed by atoms with E-state index in [-0.39, 0.29) is 5.54 Å². The SMILES string of the molecule is COCCNC1(c2nc(C)cs2)CCNCC1C. The molecule has 0 bridgehead atoms. The zero-order chi connectivity index (χ0) is 13.0. The van der Waals surface area contributed by atoms with Gasteiger partial charge in [0.2, 0.25) is 0 Å². The zero-order valence-electron chi connectivity index (χ0n) is 11.5. The highest BCUT2D eigenvalue weighted by Gasteiger charge is 2.41. The van der Waals surface area contributed by atoms with Crippen molar-refractivity contribution in [1.82, 2.24) is 15.6 Å². The highest BCUT2D eigenvalue weighted by molar-refractivity contribution is 7.09. The normalized spacial score (nSPS) is 28.5. The number of nitrogens with zero attached hydrogens (tertiary/aromatic N) is 1. The minimum atomic E-state index is 0.0166. The Bertz CT molecular complexity index is 382. The molecule has 2 heterocycles. The standard InChI is InChI=1S/C13H23N3OS/c1-10-8-14-5-4-13(10,15-6-7-17-3)12-16-11(2)9-18-12/h9-10,14-15H,4-8H2,1-3H3. The number of thiazole rings is 1. The van der Waals surface area contributed by atoms with Crippen molar-refractivity contribution in [2.75, 3.05) is 33.4 Å². The molecule has 1 fully saturated rings. The van der Waals surface area contributed by atoms with E-state index in [1.807, 2.05) is 0 Å². The molecular formula is C13H23N3OS. The molecule has 18 heavy (non-hydrogen) atoms. The van der Waals surface area contributed by atoms with Crippen LogP contribution in [0.4, 0.5) is 0 Å². The molecule has 2 unspecified atom stereocenters. The monoisotopic (exact) mass is 269 g/mol. The fraction of sp³-hybridized carbons (Fsp3) is 0.769. The van der Waals surface area contributed by atoms with E-state index in [9.17, 15) is 0 Å². The van der Waals surface area contributed by atoms with Crippen LogP contribution in [0.1, 0.15) is 24.0 Å². The molecular weight excluding hydrogens is 246 g/mol. The lowest BCUT2D eigenvalue weighted by molar-refractivity contribution is 0.136. The fourth-order valence-electron chi connectivity index (χ4n) is 2.62. The van der Waals surface area contributed by atoms with Gasteiger partial charge in [-0.1, -0.05) is 6.92 Å². The third-order valence-electron chi connectivity index (χ3n) is 3.74. The molecule has 2 atom stereocenters. The van der Waals surface area contributed by atoms with Crippen LogP contribution in [0.5, 0.6) is 0 Å². The van der Waals surface area contributed by atoms with Gasteiger partial charge in [-0.05, 0) is 32.4 Å². The van der Waals surface area contributed by atoms with Crippen molar-refractivity contribution in [3.63, 3.8) is 0 Å². The number of hydrogen-bond donors (Lipinski definition) is 2. The van der Waals surface area contributed by atoms with Crippen molar-refractivity contribution < 1.29 is 4.74 Å². The van der Waals surface area contributed by atoms with Crippen molar-refractivity contribution in [2.24, 2.45) is 5.92 Å². The van der Waals surface area contributed by atoms with Crippen molar-refractivity contribution in [3.8, 4) is 0 Å². The first-order valence-electron chi connectivity index (χ1n) is 6.56. The number of nitrogens with one attached hydrogen (secondary N) is 2. The van der Waals surface area contributed by atoms with Crippen molar-refractivity contribution in [2.45, 2.75) is 25.8 Å². The van der Waals surface area contributed by atoms with Crippen LogP contribution in [0.25, 0.3) is 0 Å². The third-order valence-corrected chi connectivity index (χ3v) is 4.87. The molecule has 0 amide bonds. The smallest absolute Gasteiger partial charge is 0.113 e. The second-order valence-electron chi connectivity index (χ2n) is 5.04. The predicted octanol–water partition coefficient (Wildman–Crippen LogP) is 1.51. The quantitative estimate of drug-likeness (QED) is 0.796. The molecule has 1 saturated heterocycles. The molecule has 2 N–H and O–H groups in total. The van der Waals surface area contributed by atoms with E-state index in [0.29, 0.717) is 5.92 Å². The molecule has 0 spiro atoms. The van der Waals surface area contributed by atoms with Gasteiger partial charge in [-0.2, -0.15) is 0 Å². The van der Waals surface area contributed by atoms with Gasteiger partial charge >= 0.3 is 0 Å². The van der Waals surface area contributed by atoms with Gasteiger partial charge < -0.3 is 15.4 Å². The molecule has 2 rings (SSSR count). The van der Waals surface area contributed by atoms with E-state index < -0.39 is 0 Å². The highest BCUT2D eigenvalue weighted by atomic mass is 32.1. The summed E-state index contributed by atoms with van der Waals surface area (Å²) in [7, 11) is 1.74. The molecule has 1 aliphatic rings. The molecule has 0 saturated carbocycles. The first-order chi connectivity index (χ1) is 8.69. The Kier molecular flexibility index (Phi) is 4.72. The molecule has 0 radical (unpaired) electrons. The van der Waals surface area contributed by atoms with E-state index >= 15 is 0 Å². The van der Waals surface area contributed by atoms with Crippen LogP contribution in [0.15, 0.2) is 5.38 Å². The molecule has 1 aromatic heterocycles. The van der Waals surface area contributed by atoms with E-state index in [1.54, 1.807) is 18.4 Å². The fourth-order valence-corrected chi connectivity index (χ4v) is 3.73. The molecule has 1 aliphatic heterocycles. The molecule has 102 valence electrons. The maximum Gasteiger partial charge on any atom is 0.113 e. The number of aryl methyl sites for hydroxylation is 1. The van der Waals surface area contributed by atoms with Gasteiger partial charge in [-0.3, -0.25) is 0 Å². The Morgan fingerprint density at radius 1 is 1.67 bits per heavy atom. The lowest BCUT2D eigenvalue weighted by Gasteiger charge is -2.42. The molecule has 1 aromatic rings. The minimum absolute atomic E-state index is 0.0166. The number of hydrogen-bond acceptors (Lipinski definition) is 5. The van der Waals surface area contributed by atoms with Crippen molar-refractivity contribution >= 4 is 11.3 Å². The van der Waals surface area contributed by atoms with Gasteiger partial charge in [-0.25, -0.2) is 4.98 Å². The summed E-state index contributed by atoms with van der Waals surface area (Å²) in [5.74, 6) is 0.536. The van der Waals surface area contributed by atoms with Crippen LogP contribution in [0, 0.1) is 12.8 Å². The summed E-state index contributed by atoms with van der Waals surface area (Å²) in [6.07, 6.45) is 1.09. The van der Waals surface area contributed by atoms with E-state index in [2.05, 4.69) is 29.9 Å². The van der Waals surface area contributed by atoms with Gasteiger partial charge in [0.1, 0.15) is 5.01 Å². The lowest BCUT2D eigenvalue weighted by atomic mass is 9.80. The largest absolute Gasteiger partial charge is 0.383 e. The number of aromatic nitrogens is 1. The number of piperidine rings is 1. The number of methoxy groups -OCH3 is 1. The molecule has 0 aliphatic carbocycles.